The van der Waals surface area contributed by atoms with E-state index in [0.717, 1.165) is 0 Å². The number of ether oxygens (including phenoxy) is 1. The normalized spacial score (nSPS) is 10.2. The number of carbonyl (C=O) groups is 1. The maximum Gasteiger partial charge on any atom is 0.264 e. The molecule has 0 atom stereocenters. The number of amides is 1. The van der Waals surface area contributed by atoms with Crippen LogP contribution >= 0.6 is 15.9 Å². The molecular formula is C14H13BrN2O3. The van der Waals surface area contributed by atoms with Gasteiger partial charge >= 0.3 is 0 Å². The first-order valence-electron chi connectivity index (χ1n) is 5.83. The molecule has 0 bridgehead atoms. The molecule has 0 unspecified atom stereocenters. The number of hydrogen-bond acceptors (Lipinski definition) is 3. The largest absolute Gasteiger partial charge is 0.497 e. The van der Waals surface area contributed by atoms with Crippen LogP contribution in [0.25, 0.3) is 0 Å². The van der Waals surface area contributed by atoms with Crippen molar-refractivity contribution in [3.05, 3.63) is 56.9 Å². The lowest BCUT2D eigenvalue weighted by atomic mass is 10.2. The summed E-state index contributed by atoms with van der Waals surface area (Å²) in [4.78, 5) is 23.6. The second-order valence-electron chi connectivity index (χ2n) is 4.18. The van der Waals surface area contributed by atoms with Crippen LogP contribution < -0.4 is 15.6 Å². The fourth-order valence-corrected chi connectivity index (χ4v) is 2.21. The number of aryl methyl sites for hydroxylation is 1. The zero-order valence-corrected chi connectivity index (χ0v) is 12.6. The van der Waals surface area contributed by atoms with Gasteiger partial charge in [0.05, 0.1) is 17.3 Å². The third-order valence-corrected chi connectivity index (χ3v) is 3.32. The van der Waals surface area contributed by atoms with Crippen LogP contribution in [0.4, 0.5) is 5.69 Å². The van der Waals surface area contributed by atoms with E-state index in [1.165, 1.54) is 4.57 Å². The van der Waals surface area contributed by atoms with Gasteiger partial charge in [0.2, 0.25) is 0 Å². The average molecular weight is 337 g/mol. The first-order chi connectivity index (χ1) is 9.51. The highest BCUT2D eigenvalue weighted by Crippen LogP contribution is 2.15. The molecular weight excluding hydrogens is 324 g/mol. The monoisotopic (exact) mass is 336 g/mol. The van der Waals surface area contributed by atoms with E-state index in [9.17, 15) is 9.59 Å². The molecule has 5 nitrogen and oxygen atoms in total. The van der Waals surface area contributed by atoms with Crippen LogP contribution in [0.3, 0.4) is 0 Å². The minimum Gasteiger partial charge on any atom is -0.497 e. The van der Waals surface area contributed by atoms with E-state index in [2.05, 4.69) is 21.2 Å². The summed E-state index contributed by atoms with van der Waals surface area (Å²) in [6.07, 6.45) is 1.56. The van der Waals surface area contributed by atoms with Crippen LogP contribution in [0.1, 0.15) is 10.4 Å². The Morgan fingerprint density at radius 1 is 1.30 bits per heavy atom. The highest BCUT2D eigenvalue weighted by Gasteiger charge is 2.08. The molecule has 1 aromatic carbocycles. The molecule has 0 radical (unpaired) electrons. The van der Waals surface area contributed by atoms with E-state index < -0.39 is 0 Å². The Kier molecular flexibility index (Phi) is 4.24. The van der Waals surface area contributed by atoms with Crippen molar-refractivity contribution in [2.75, 3.05) is 12.4 Å². The highest BCUT2D eigenvalue weighted by atomic mass is 79.9. The van der Waals surface area contributed by atoms with Gasteiger partial charge < -0.3 is 14.6 Å². The third-order valence-electron chi connectivity index (χ3n) is 2.75. The number of nitrogens with zero attached hydrogens (tertiary/aromatic N) is 1. The van der Waals surface area contributed by atoms with E-state index in [4.69, 9.17) is 4.74 Å². The number of rotatable bonds is 3. The molecule has 104 valence electrons. The second-order valence-corrected chi connectivity index (χ2v) is 5.03. The van der Waals surface area contributed by atoms with Gasteiger partial charge in [0.25, 0.3) is 11.5 Å². The Morgan fingerprint density at radius 3 is 2.50 bits per heavy atom. The van der Waals surface area contributed by atoms with Gasteiger partial charge in [-0.05, 0) is 46.3 Å². The molecule has 0 saturated heterocycles. The summed E-state index contributed by atoms with van der Waals surface area (Å²) in [6.45, 7) is 0. The van der Waals surface area contributed by atoms with Crippen molar-refractivity contribution in [2.24, 2.45) is 7.05 Å². The van der Waals surface area contributed by atoms with Gasteiger partial charge in [-0.25, -0.2) is 0 Å². The Hall–Kier alpha value is -2.08. The molecule has 0 aliphatic carbocycles. The number of pyridine rings is 1. The number of carbonyl (C=O) groups excluding carboxylic acids is 1. The van der Waals surface area contributed by atoms with E-state index in [0.29, 0.717) is 21.5 Å². The molecule has 1 aromatic heterocycles. The van der Waals surface area contributed by atoms with Crippen molar-refractivity contribution in [1.82, 2.24) is 4.57 Å². The Balaban J connectivity index is 2.20. The fourth-order valence-electron chi connectivity index (χ4n) is 1.69. The molecule has 20 heavy (non-hydrogen) atoms. The molecule has 2 aromatic rings. The van der Waals surface area contributed by atoms with Crippen molar-refractivity contribution in [1.29, 1.82) is 0 Å². The molecule has 0 aliphatic rings. The Morgan fingerprint density at radius 2 is 1.95 bits per heavy atom. The molecule has 0 spiro atoms. The van der Waals surface area contributed by atoms with E-state index in [1.807, 2.05) is 0 Å². The lowest BCUT2D eigenvalue weighted by molar-refractivity contribution is 0.102. The van der Waals surface area contributed by atoms with Crippen LogP contribution in [0.5, 0.6) is 5.75 Å². The number of halogens is 1. The predicted octanol–water partition coefficient (Wildman–Crippen LogP) is 2.41. The smallest absolute Gasteiger partial charge is 0.264 e. The standard InChI is InChI=1S/C14H13BrN2O3/c1-17-8-10(7-12(15)14(17)19)16-13(18)9-3-5-11(20-2)6-4-9/h3-8H,1-2H3,(H,16,18). The molecule has 1 heterocycles. The van der Waals surface area contributed by atoms with Crippen molar-refractivity contribution in [2.45, 2.75) is 0 Å². The van der Waals surface area contributed by atoms with E-state index >= 15 is 0 Å². The molecule has 0 fully saturated rings. The number of hydrogen-bond donors (Lipinski definition) is 1. The SMILES string of the molecule is COc1ccc(C(=O)Nc2cc(Br)c(=O)n(C)c2)cc1. The molecule has 0 aliphatic heterocycles. The maximum atomic E-state index is 12.1. The van der Waals surface area contributed by atoms with Crippen LogP contribution in [0, 0.1) is 0 Å². The Bertz CT molecular complexity index is 666. The number of anilines is 1. The van der Waals surface area contributed by atoms with Crippen LogP contribution in [-0.2, 0) is 7.05 Å². The first-order valence-corrected chi connectivity index (χ1v) is 6.62. The summed E-state index contributed by atoms with van der Waals surface area (Å²) in [5.74, 6) is 0.435. The maximum absolute atomic E-state index is 12.1. The number of methoxy groups -OCH3 is 1. The van der Waals surface area contributed by atoms with Gasteiger partial charge in [0.15, 0.2) is 0 Å². The molecule has 1 N–H and O–H groups in total. The molecule has 1 amide bonds. The lowest BCUT2D eigenvalue weighted by Crippen LogP contribution is -2.19. The van der Waals surface area contributed by atoms with Crippen LogP contribution in [0.15, 0.2) is 45.8 Å². The zero-order chi connectivity index (χ0) is 14.7. The quantitative estimate of drug-likeness (QED) is 0.936. The first kappa shape index (κ1) is 14.3. The van der Waals surface area contributed by atoms with Gasteiger partial charge in [0.1, 0.15) is 5.75 Å². The minimum atomic E-state index is -0.252. The van der Waals surface area contributed by atoms with Crippen LogP contribution in [-0.4, -0.2) is 17.6 Å². The van der Waals surface area contributed by atoms with Gasteiger partial charge in [-0.3, -0.25) is 9.59 Å². The van der Waals surface area contributed by atoms with Gasteiger partial charge in [0, 0.05) is 18.8 Å². The van der Waals surface area contributed by atoms with E-state index in [-0.39, 0.29) is 11.5 Å². The molecule has 6 heteroatoms. The summed E-state index contributed by atoms with van der Waals surface area (Å²) in [5, 5.41) is 2.74. The lowest BCUT2D eigenvalue weighted by Gasteiger charge is -2.08. The minimum absolute atomic E-state index is 0.160. The average Bonchev–Trinajstić information content (AvgIpc) is 2.44. The fraction of sp³-hybridized carbons (Fsp3) is 0.143. The summed E-state index contributed by atoms with van der Waals surface area (Å²) >= 11 is 3.16. The molecule has 0 saturated carbocycles. The van der Waals surface area contributed by atoms with Crippen molar-refractivity contribution in [3.8, 4) is 5.75 Å². The number of aromatic nitrogens is 1. The molecule has 2 rings (SSSR count). The zero-order valence-electron chi connectivity index (χ0n) is 11.0. The second kappa shape index (κ2) is 5.92. The third kappa shape index (κ3) is 3.08. The highest BCUT2D eigenvalue weighted by molar-refractivity contribution is 9.10. The number of benzene rings is 1. The van der Waals surface area contributed by atoms with Crippen molar-refractivity contribution < 1.29 is 9.53 Å². The number of nitrogens with one attached hydrogen (secondary N) is 1. The van der Waals surface area contributed by atoms with Gasteiger partial charge in [-0.1, -0.05) is 0 Å². The van der Waals surface area contributed by atoms with Gasteiger partial charge in [-0.2, -0.15) is 0 Å². The summed E-state index contributed by atoms with van der Waals surface area (Å²) < 4.78 is 6.83. The predicted molar refractivity (Wildman–Crippen MR) is 80.3 cm³/mol. The summed E-state index contributed by atoms with van der Waals surface area (Å²) in [5.41, 5.74) is 0.892. The summed E-state index contributed by atoms with van der Waals surface area (Å²) in [7, 11) is 3.19. The van der Waals surface area contributed by atoms with Crippen molar-refractivity contribution in [3.63, 3.8) is 0 Å². The van der Waals surface area contributed by atoms with Crippen LogP contribution in [0.2, 0.25) is 0 Å². The van der Waals surface area contributed by atoms with Gasteiger partial charge in [-0.15, -0.1) is 0 Å². The van der Waals surface area contributed by atoms with E-state index in [1.54, 1.807) is 50.7 Å². The summed E-state index contributed by atoms with van der Waals surface area (Å²) in [6, 6.07) is 8.34. The topological polar surface area (TPSA) is 60.3 Å². The Labute approximate surface area is 124 Å². The van der Waals surface area contributed by atoms with Crippen molar-refractivity contribution >= 4 is 27.5 Å².